The SMILES string of the molecule is CC1CC2=C3C(=O)OC(=O)C3C1C2. The first-order chi connectivity index (χ1) is 6.18. The van der Waals surface area contributed by atoms with Crippen LogP contribution in [0.1, 0.15) is 19.8 Å². The summed E-state index contributed by atoms with van der Waals surface area (Å²) in [7, 11) is 0. The molecule has 2 fully saturated rings. The zero-order valence-electron chi connectivity index (χ0n) is 7.37. The second-order valence-corrected chi connectivity index (χ2v) is 4.25. The third-order valence-electron chi connectivity index (χ3n) is 3.57. The van der Waals surface area contributed by atoms with Gasteiger partial charge in [0, 0.05) is 0 Å². The van der Waals surface area contributed by atoms with Gasteiger partial charge in [0.25, 0.3) is 0 Å². The van der Waals surface area contributed by atoms with Gasteiger partial charge in [-0.1, -0.05) is 12.5 Å². The third kappa shape index (κ3) is 0.705. The van der Waals surface area contributed by atoms with E-state index in [0.29, 0.717) is 17.4 Å². The number of carbonyl (C=O) groups is 2. The van der Waals surface area contributed by atoms with Crippen LogP contribution in [0.25, 0.3) is 0 Å². The van der Waals surface area contributed by atoms with Crippen molar-refractivity contribution < 1.29 is 14.3 Å². The minimum atomic E-state index is -0.376. The highest BCUT2D eigenvalue weighted by Gasteiger charge is 2.54. The lowest BCUT2D eigenvalue weighted by Crippen LogP contribution is -2.22. The Hall–Kier alpha value is -1.12. The number of hydrogen-bond acceptors (Lipinski definition) is 3. The average molecular weight is 178 g/mol. The van der Waals surface area contributed by atoms with Crippen LogP contribution in [-0.4, -0.2) is 11.9 Å². The van der Waals surface area contributed by atoms with Crippen molar-refractivity contribution >= 4 is 11.9 Å². The van der Waals surface area contributed by atoms with Crippen LogP contribution in [0.4, 0.5) is 0 Å². The summed E-state index contributed by atoms with van der Waals surface area (Å²) in [6.45, 7) is 2.14. The van der Waals surface area contributed by atoms with E-state index >= 15 is 0 Å². The molecule has 0 N–H and O–H groups in total. The van der Waals surface area contributed by atoms with E-state index in [1.54, 1.807) is 0 Å². The molecular formula is C10H10O3. The predicted molar refractivity (Wildman–Crippen MR) is 43.5 cm³/mol. The van der Waals surface area contributed by atoms with Crippen LogP contribution in [0.5, 0.6) is 0 Å². The molecule has 1 saturated carbocycles. The van der Waals surface area contributed by atoms with Crippen LogP contribution >= 0.6 is 0 Å². The van der Waals surface area contributed by atoms with Crippen molar-refractivity contribution in [1.29, 1.82) is 0 Å². The Morgan fingerprint density at radius 2 is 2.08 bits per heavy atom. The maximum absolute atomic E-state index is 11.3. The van der Waals surface area contributed by atoms with Crippen molar-refractivity contribution in [3.8, 4) is 0 Å². The first kappa shape index (κ1) is 7.30. The smallest absolute Gasteiger partial charge is 0.342 e. The summed E-state index contributed by atoms with van der Waals surface area (Å²) in [6.07, 6.45) is 1.93. The molecule has 0 amide bonds. The number of rotatable bonds is 0. The van der Waals surface area contributed by atoms with Crippen molar-refractivity contribution in [3.63, 3.8) is 0 Å². The van der Waals surface area contributed by atoms with Gasteiger partial charge in [0.1, 0.15) is 0 Å². The van der Waals surface area contributed by atoms with E-state index in [1.165, 1.54) is 5.57 Å². The van der Waals surface area contributed by atoms with Crippen molar-refractivity contribution in [3.05, 3.63) is 11.1 Å². The van der Waals surface area contributed by atoms with Crippen molar-refractivity contribution in [1.82, 2.24) is 0 Å². The van der Waals surface area contributed by atoms with Gasteiger partial charge in [-0.2, -0.15) is 0 Å². The lowest BCUT2D eigenvalue weighted by Gasteiger charge is -2.18. The number of carbonyl (C=O) groups excluding carboxylic acids is 2. The minimum absolute atomic E-state index is 0.203. The van der Waals surface area contributed by atoms with Gasteiger partial charge in [0.15, 0.2) is 0 Å². The molecule has 3 atom stereocenters. The first-order valence-corrected chi connectivity index (χ1v) is 4.66. The van der Waals surface area contributed by atoms with E-state index in [-0.39, 0.29) is 17.9 Å². The Bertz CT molecular complexity index is 353. The van der Waals surface area contributed by atoms with Crippen molar-refractivity contribution in [2.24, 2.45) is 17.8 Å². The molecule has 3 heteroatoms. The minimum Gasteiger partial charge on any atom is -0.389 e. The number of allylic oxidation sites excluding steroid dienone is 1. The van der Waals surface area contributed by atoms with E-state index in [9.17, 15) is 9.59 Å². The van der Waals surface area contributed by atoms with Crippen molar-refractivity contribution in [2.45, 2.75) is 19.8 Å². The summed E-state index contributed by atoms with van der Waals surface area (Å²) in [5.41, 5.74) is 1.88. The molecular weight excluding hydrogens is 168 g/mol. The molecule has 3 rings (SSSR count). The molecule has 0 spiro atoms. The van der Waals surface area contributed by atoms with Crippen LogP contribution in [0, 0.1) is 17.8 Å². The summed E-state index contributed by atoms with van der Waals surface area (Å²) in [4.78, 5) is 22.6. The second-order valence-electron chi connectivity index (χ2n) is 4.25. The molecule has 0 aromatic heterocycles. The molecule has 3 aliphatic rings. The zero-order valence-corrected chi connectivity index (χ0v) is 7.37. The Balaban J connectivity index is 2.15. The summed E-state index contributed by atoms with van der Waals surface area (Å²) >= 11 is 0. The lowest BCUT2D eigenvalue weighted by molar-refractivity contribution is -0.153. The van der Waals surface area contributed by atoms with Crippen LogP contribution in [0.3, 0.4) is 0 Å². The van der Waals surface area contributed by atoms with Crippen LogP contribution < -0.4 is 0 Å². The molecule has 2 bridgehead atoms. The number of cyclic esters (lactones) is 2. The largest absolute Gasteiger partial charge is 0.389 e. The highest BCUT2D eigenvalue weighted by atomic mass is 16.6. The molecule has 1 saturated heterocycles. The van der Waals surface area contributed by atoms with Gasteiger partial charge in [0.05, 0.1) is 11.5 Å². The monoisotopic (exact) mass is 178 g/mol. The molecule has 1 aliphatic heterocycles. The van der Waals surface area contributed by atoms with E-state index in [0.717, 1.165) is 12.8 Å². The Labute approximate surface area is 75.8 Å². The maximum Gasteiger partial charge on any atom is 0.342 e. The molecule has 0 radical (unpaired) electrons. The molecule has 0 aromatic rings. The predicted octanol–water partition coefficient (Wildman–Crippen LogP) is 1.04. The normalized spacial score (nSPS) is 41.5. The molecule has 68 valence electrons. The summed E-state index contributed by atoms with van der Waals surface area (Å²) in [5, 5.41) is 0. The Kier molecular flexibility index (Phi) is 1.14. The number of esters is 2. The van der Waals surface area contributed by atoms with Gasteiger partial charge >= 0.3 is 11.9 Å². The third-order valence-corrected chi connectivity index (χ3v) is 3.57. The van der Waals surface area contributed by atoms with Crippen LogP contribution in [-0.2, 0) is 14.3 Å². The molecule has 1 heterocycles. The fourth-order valence-corrected chi connectivity index (χ4v) is 2.98. The molecule has 13 heavy (non-hydrogen) atoms. The maximum atomic E-state index is 11.3. The molecule has 2 aliphatic carbocycles. The standard InChI is InChI=1S/C10H10O3/c1-4-2-5-3-6(4)8-7(5)9(11)13-10(8)12/h4,6,8H,2-3H2,1H3. The van der Waals surface area contributed by atoms with Crippen LogP contribution in [0.15, 0.2) is 11.1 Å². The van der Waals surface area contributed by atoms with Crippen LogP contribution in [0.2, 0.25) is 0 Å². The number of ether oxygens (including phenoxy) is 1. The van der Waals surface area contributed by atoms with Gasteiger partial charge in [-0.3, -0.25) is 4.79 Å². The summed E-state index contributed by atoms with van der Waals surface area (Å²) < 4.78 is 4.62. The molecule has 3 unspecified atom stereocenters. The fraction of sp³-hybridized carbons (Fsp3) is 0.600. The fourth-order valence-electron chi connectivity index (χ4n) is 2.98. The highest BCUT2D eigenvalue weighted by Crippen LogP contribution is 2.54. The first-order valence-electron chi connectivity index (χ1n) is 4.66. The van der Waals surface area contributed by atoms with E-state index in [1.807, 2.05) is 0 Å². The van der Waals surface area contributed by atoms with Gasteiger partial charge < -0.3 is 4.74 Å². The van der Waals surface area contributed by atoms with Gasteiger partial charge in [-0.15, -0.1) is 0 Å². The number of hydrogen-bond donors (Lipinski definition) is 0. The molecule has 0 aromatic carbocycles. The summed E-state index contributed by atoms with van der Waals surface area (Å²) in [5.74, 6) is 0.00310. The molecule has 3 nitrogen and oxygen atoms in total. The van der Waals surface area contributed by atoms with E-state index in [4.69, 9.17) is 0 Å². The van der Waals surface area contributed by atoms with Crippen molar-refractivity contribution in [2.75, 3.05) is 0 Å². The lowest BCUT2D eigenvalue weighted by atomic mass is 9.81. The van der Waals surface area contributed by atoms with E-state index < -0.39 is 0 Å². The van der Waals surface area contributed by atoms with Gasteiger partial charge in [-0.05, 0) is 24.7 Å². The average Bonchev–Trinajstić information content (AvgIpc) is 2.64. The Morgan fingerprint density at radius 3 is 2.85 bits per heavy atom. The topological polar surface area (TPSA) is 43.4 Å². The highest BCUT2D eigenvalue weighted by molar-refractivity contribution is 6.09. The van der Waals surface area contributed by atoms with E-state index in [2.05, 4.69) is 11.7 Å². The zero-order chi connectivity index (χ0) is 9.16. The quantitative estimate of drug-likeness (QED) is 0.411. The summed E-state index contributed by atoms with van der Waals surface area (Å²) in [6, 6.07) is 0. The Morgan fingerprint density at radius 1 is 1.31 bits per heavy atom. The number of fused-ring (bicyclic) bond motifs is 4. The van der Waals surface area contributed by atoms with Gasteiger partial charge in [0.2, 0.25) is 0 Å². The van der Waals surface area contributed by atoms with Gasteiger partial charge in [-0.25, -0.2) is 4.79 Å². The second kappa shape index (κ2) is 2.03.